The average Bonchev–Trinajstić information content (AvgIpc) is 2.77. The number of aromatic nitrogens is 1. The molecule has 0 amide bonds. The molecule has 0 bridgehead atoms. The minimum absolute atomic E-state index is 0.149. The molecule has 18 heavy (non-hydrogen) atoms. The molecule has 0 aliphatic rings. The molecule has 1 heterocycles. The van der Waals surface area contributed by atoms with Gasteiger partial charge in [0.05, 0.1) is 29.3 Å². The van der Waals surface area contributed by atoms with Gasteiger partial charge in [0.15, 0.2) is 5.76 Å². The fourth-order valence-corrected chi connectivity index (χ4v) is 1.49. The monoisotopic (exact) mass is 251 g/mol. The first-order valence-electron chi connectivity index (χ1n) is 5.15. The Balaban J connectivity index is 2.35. The second kappa shape index (κ2) is 4.92. The summed E-state index contributed by atoms with van der Waals surface area (Å²) in [5.74, 6) is -0.0470. The molecule has 1 aromatic carbocycles. The first-order chi connectivity index (χ1) is 8.61. The van der Waals surface area contributed by atoms with Crippen LogP contribution in [0.2, 0.25) is 0 Å². The van der Waals surface area contributed by atoms with Crippen LogP contribution in [0, 0.1) is 15.9 Å². The van der Waals surface area contributed by atoms with E-state index in [-0.39, 0.29) is 17.0 Å². The molecule has 1 aromatic heterocycles. The van der Waals surface area contributed by atoms with Crippen molar-refractivity contribution in [2.45, 2.75) is 6.54 Å². The van der Waals surface area contributed by atoms with Crippen LogP contribution < -0.4 is 5.32 Å². The number of hydrogen-bond acceptors (Lipinski definition) is 5. The maximum Gasteiger partial charge on any atom is 0.272 e. The van der Waals surface area contributed by atoms with Crippen LogP contribution in [0.4, 0.5) is 10.1 Å². The molecule has 0 radical (unpaired) electrons. The van der Waals surface area contributed by atoms with Gasteiger partial charge in [-0.05, 0) is 13.1 Å². The van der Waals surface area contributed by atoms with Crippen LogP contribution in [0.3, 0.4) is 0 Å². The Morgan fingerprint density at radius 3 is 2.94 bits per heavy atom. The van der Waals surface area contributed by atoms with Crippen molar-refractivity contribution in [2.75, 3.05) is 7.05 Å². The van der Waals surface area contributed by atoms with Gasteiger partial charge in [-0.2, -0.15) is 0 Å². The van der Waals surface area contributed by atoms with Crippen molar-refractivity contribution >= 4 is 5.69 Å². The van der Waals surface area contributed by atoms with Crippen molar-refractivity contribution in [2.24, 2.45) is 0 Å². The van der Waals surface area contributed by atoms with E-state index >= 15 is 0 Å². The Bertz CT molecular complexity index is 583. The smallest absolute Gasteiger partial charge is 0.272 e. The highest BCUT2D eigenvalue weighted by Crippen LogP contribution is 2.26. The van der Waals surface area contributed by atoms with E-state index in [9.17, 15) is 14.5 Å². The maximum atomic E-state index is 13.7. The predicted octanol–water partition coefficient (Wildman–Crippen LogP) is 2.11. The van der Waals surface area contributed by atoms with E-state index in [1.54, 1.807) is 7.05 Å². The predicted molar refractivity (Wildman–Crippen MR) is 61.3 cm³/mol. The highest BCUT2D eigenvalue weighted by atomic mass is 19.1. The molecular weight excluding hydrogens is 241 g/mol. The highest BCUT2D eigenvalue weighted by molar-refractivity contribution is 5.59. The number of nitro benzene ring substituents is 1. The number of halogens is 1. The van der Waals surface area contributed by atoms with E-state index in [0.29, 0.717) is 12.4 Å². The van der Waals surface area contributed by atoms with E-state index in [4.69, 9.17) is 4.42 Å². The minimum Gasteiger partial charge on any atom is -0.439 e. The summed E-state index contributed by atoms with van der Waals surface area (Å²) in [4.78, 5) is 13.8. The summed E-state index contributed by atoms with van der Waals surface area (Å²) in [5.41, 5.74) is -0.151. The maximum absolute atomic E-state index is 13.7. The number of benzene rings is 1. The Morgan fingerprint density at radius 2 is 2.33 bits per heavy atom. The first kappa shape index (κ1) is 12.2. The van der Waals surface area contributed by atoms with Crippen LogP contribution in [-0.2, 0) is 6.54 Å². The summed E-state index contributed by atoms with van der Waals surface area (Å²) < 4.78 is 19.0. The number of non-ortho nitro benzene ring substituents is 1. The van der Waals surface area contributed by atoms with E-state index in [2.05, 4.69) is 10.3 Å². The highest BCUT2D eigenvalue weighted by Gasteiger charge is 2.15. The standard InChI is InChI=1S/C11H10FN3O3/c1-13-6-11-14-5-10(18-11)8-3-2-7(15(16)17)4-9(8)12/h2-5,13H,6H2,1H3. The second-order valence-electron chi connectivity index (χ2n) is 3.57. The van der Waals surface area contributed by atoms with Gasteiger partial charge in [0, 0.05) is 6.07 Å². The van der Waals surface area contributed by atoms with Gasteiger partial charge in [0.2, 0.25) is 5.89 Å². The lowest BCUT2D eigenvalue weighted by Gasteiger charge is -1.99. The van der Waals surface area contributed by atoms with Crippen molar-refractivity contribution in [1.29, 1.82) is 0 Å². The number of rotatable bonds is 4. The number of nitrogens with one attached hydrogen (secondary N) is 1. The minimum atomic E-state index is -0.712. The van der Waals surface area contributed by atoms with Crippen LogP contribution in [0.5, 0.6) is 0 Å². The van der Waals surface area contributed by atoms with E-state index in [1.807, 2.05) is 0 Å². The lowest BCUT2D eigenvalue weighted by Crippen LogP contribution is -2.04. The SMILES string of the molecule is CNCc1ncc(-c2ccc([N+](=O)[O-])cc2F)o1. The molecule has 2 rings (SSSR count). The first-order valence-corrected chi connectivity index (χ1v) is 5.15. The van der Waals surface area contributed by atoms with E-state index < -0.39 is 10.7 Å². The lowest BCUT2D eigenvalue weighted by molar-refractivity contribution is -0.385. The summed E-state index contributed by atoms with van der Waals surface area (Å²) in [7, 11) is 1.73. The third-order valence-corrected chi connectivity index (χ3v) is 2.31. The summed E-state index contributed by atoms with van der Waals surface area (Å²) in [6.45, 7) is 0.425. The molecule has 0 saturated heterocycles. The number of nitro groups is 1. The zero-order valence-corrected chi connectivity index (χ0v) is 9.51. The number of oxazole rings is 1. The number of hydrogen-bond donors (Lipinski definition) is 1. The molecule has 0 spiro atoms. The molecule has 94 valence electrons. The van der Waals surface area contributed by atoms with Crippen molar-refractivity contribution in [3.8, 4) is 11.3 Å². The summed E-state index contributed by atoms with van der Waals surface area (Å²) in [6, 6.07) is 3.38. The second-order valence-corrected chi connectivity index (χ2v) is 3.57. The quantitative estimate of drug-likeness (QED) is 0.664. The van der Waals surface area contributed by atoms with Crippen molar-refractivity contribution in [1.82, 2.24) is 10.3 Å². The van der Waals surface area contributed by atoms with Crippen LogP contribution in [0.15, 0.2) is 28.8 Å². The Morgan fingerprint density at radius 1 is 1.56 bits per heavy atom. The molecule has 1 N–H and O–H groups in total. The molecule has 0 atom stereocenters. The Labute approximate surface area is 102 Å². The number of nitrogens with zero attached hydrogens (tertiary/aromatic N) is 2. The molecule has 0 saturated carbocycles. The normalized spacial score (nSPS) is 10.6. The van der Waals surface area contributed by atoms with Gasteiger partial charge in [-0.3, -0.25) is 10.1 Å². The fraction of sp³-hybridized carbons (Fsp3) is 0.182. The Hall–Kier alpha value is -2.28. The molecular formula is C11H10FN3O3. The molecule has 0 unspecified atom stereocenters. The van der Waals surface area contributed by atoms with E-state index in [0.717, 1.165) is 6.07 Å². The van der Waals surface area contributed by atoms with Crippen molar-refractivity contribution in [3.63, 3.8) is 0 Å². The van der Waals surface area contributed by atoms with Gasteiger partial charge in [-0.15, -0.1) is 0 Å². The Kier molecular flexibility index (Phi) is 3.33. The van der Waals surface area contributed by atoms with Crippen LogP contribution in [0.25, 0.3) is 11.3 Å². The molecule has 7 heteroatoms. The lowest BCUT2D eigenvalue weighted by atomic mass is 10.1. The topological polar surface area (TPSA) is 81.2 Å². The summed E-state index contributed by atoms with van der Waals surface area (Å²) in [5, 5.41) is 13.3. The average molecular weight is 251 g/mol. The summed E-state index contributed by atoms with van der Waals surface area (Å²) >= 11 is 0. The molecule has 2 aromatic rings. The van der Waals surface area contributed by atoms with Crippen LogP contribution in [0.1, 0.15) is 5.89 Å². The van der Waals surface area contributed by atoms with E-state index in [1.165, 1.54) is 18.3 Å². The van der Waals surface area contributed by atoms with Crippen molar-refractivity contribution in [3.05, 3.63) is 46.2 Å². The van der Waals surface area contributed by atoms with Crippen molar-refractivity contribution < 1.29 is 13.7 Å². The van der Waals surface area contributed by atoms with Gasteiger partial charge < -0.3 is 9.73 Å². The largest absolute Gasteiger partial charge is 0.439 e. The van der Waals surface area contributed by atoms with Gasteiger partial charge in [0.25, 0.3) is 5.69 Å². The molecule has 0 aliphatic heterocycles. The van der Waals surface area contributed by atoms with Crippen LogP contribution >= 0.6 is 0 Å². The van der Waals surface area contributed by atoms with Crippen LogP contribution in [-0.4, -0.2) is 17.0 Å². The third-order valence-electron chi connectivity index (χ3n) is 2.31. The zero-order valence-electron chi connectivity index (χ0n) is 9.51. The molecule has 6 nitrogen and oxygen atoms in total. The van der Waals surface area contributed by atoms with Gasteiger partial charge >= 0.3 is 0 Å². The molecule has 0 fully saturated rings. The van der Waals surface area contributed by atoms with Gasteiger partial charge in [0.1, 0.15) is 5.82 Å². The third kappa shape index (κ3) is 2.35. The van der Waals surface area contributed by atoms with Gasteiger partial charge in [-0.25, -0.2) is 9.37 Å². The molecule has 0 aliphatic carbocycles. The fourth-order valence-electron chi connectivity index (χ4n) is 1.49. The van der Waals surface area contributed by atoms with Gasteiger partial charge in [-0.1, -0.05) is 0 Å². The summed E-state index contributed by atoms with van der Waals surface area (Å²) in [6.07, 6.45) is 1.39. The zero-order chi connectivity index (χ0) is 13.1.